The molecule has 0 amide bonds. The Morgan fingerprint density at radius 3 is 1.91 bits per heavy atom. The monoisotopic (exact) mass is 899 g/mol. The molecule has 0 bridgehead atoms. The van der Waals surface area contributed by atoms with Crippen molar-refractivity contribution in [3.63, 3.8) is 0 Å². The molecule has 14 nitrogen and oxygen atoms in total. The van der Waals surface area contributed by atoms with Crippen LogP contribution in [0.3, 0.4) is 0 Å². The van der Waals surface area contributed by atoms with Crippen molar-refractivity contribution in [3.8, 4) is 0 Å². The molecule has 3 aliphatic rings. The van der Waals surface area contributed by atoms with Crippen LogP contribution in [-0.4, -0.2) is 138 Å². The molecule has 2 aliphatic heterocycles. The van der Waals surface area contributed by atoms with Gasteiger partial charge >= 0.3 is 51.4 Å². The van der Waals surface area contributed by atoms with Crippen molar-refractivity contribution in [1.82, 2.24) is 0 Å². The van der Waals surface area contributed by atoms with E-state index in [1.807, 2.05) is 61.5 Å². The summed E-state index contributed by atoms with van der Waals surface area (Å²) < 4.78 is 134. The Morgan fingerprint density at radius 2 is 1.32 bits per heavy atom. The Kier molecular flexibility index (Phi) is 14.5. The summed E-state index contributed by atoms with van der Waals surface area (Å²) in [6, 6.07) is 8.42. The van der Waals surface area contributed by atoms with Crippen LogP contribution in [0.2, 0.25) is 0 Å². The number of rotatable bonds is 13. The molecule has 2 aromatic carbocycles. The van der Waals surface area contributed by atoms with E-state index < -0.39 is 62.8 Å². The van der Waals surface area contributed by atoms with Crippen molar-refractivity contribution in [2.24, 2.45) is 0 Å². The average Bonchev–Trinajstić information content (AvgIpc) is 3.39. The number of allylic oxidation sites excluding steroid dienone is 8. The average molecular weight is 901 g/mol. The summed E-state index contributed by atoms with van der Waals surface area (Å²) in [5.41, 5.74) is 3.83. The van der Waals surface area contributed by atoms with Gasteiger partial charge in [-0.15, -0.1) is 0 Å². The Morgan fingerprint density at radius 1 is 0.750 bits per heavy atom. The van der Waals surface area contributed by atoms with Crippen molar-refractivity contribution in [2.75, 3.05) is 29.5 Å². The van der Waals surface area contributed by atoms with Gasteiger partial charge in [-0.3, -0.25) is 18.2 Å². The van der Waals surface area contributed by atoms with Crippen molar-refractivity contribution in [3.05, 3.63) is 93.7 Å². The Bertz CT molecular complexity index is 2540. The van der Waals surface area contributed by atoms with E-state index in [1.54, 1.807) is 12.1 Å². The van der Waals surface area contributed by atoms with Crippen LogP contribution in [0.25, 0.3) is 0 Å². The van der Waals surface area contributed by atoms with Crippen LogP contribution in [0.4, 0.5) is 11.4 Å². The van der Waals surface area contributed by atoms with Crippen molar-refractivity contribution >= 4 is 121 Å². The Labute approximate surface area is 376 Å². The number of fused-ring (bicyclic) bond motifs is 2. The van der Waals surface area contributed by atoms with Crippen LogP contribution in [0, 0.1) is 0 Å². The molecule has 20 heteroatoms. The van der Waals surface area contributed by atoms with E-state index in [9.17, 15) is 51.9 Å². The molecule has 0 aromatic heterocycles. The van der Waals surface area contributed by atoms with Gasteiger partial charge < -0.3 is 4.90 Å². The summed E-state index contributed by atoms with van der Waals surface area (Å²) in [5.74, 6) is -0.969. The third kappa shape index (κ3) is 10.6. The minimum atomic E-state index is -4.51. The fraction of sp³-hybridized carbons (Fsp3) is 0.417. The molecule has 302 valence electrons. The SMILES string of the molecule is CC1(C)C(/C=C/C2=C(Cl)C(=C/C=C3/N(CCCS(=O)(=O)O)c4ccc(S(=O)(=O)O)cc4C3(C)C)/CCC2)=[N+](CCCS(=O)(=O)O)c2ccc(S(=O)(=O)O)cc21.[KH]. The van der Waals surface area contributed by atoms with Crippen LogP contribution in [0.1, 0.15) is 70.9 Å². The zero-order chi connectivity index (χ0) is 40.9. The molecular formula is C36H45ClKN2O12S4+. The molecule has 0 saturated heterocycles. The third-order valence-electron chi connectivity index (χ3n) is 10.2. The van der Waals surface area contributed by atoms with Gasteiger partial charge in [0.1, 0.15) is 6.54 Å². The van der Waals surface area contributed by atoms with Gasteiger partial charge in [0, 0.05) is 52.5 Å². The van der Waals surface area contributed by atoms with Crippen molar-refractivity contribution < 1.29 is 56.5 Å². The molecule has 0 unspecified atom stereocenters. The molecule has 2 aromatic rings. The van der Waals surface area contributed by atoms with Crippen molar-refractivity contribution in [1.29, 1.82) is 0 Å². The fourth-order valence-corrected chi connectivity index (χ4v) is 9.81. The first kappa shape index (κ1) is 47.1. The number of halogens is 1. The zero-order valence-corrected chi connectivity index (χ0v) is 34.6. The molecule has 2 heterocycles. The topological polar surface area (TPSA) is 224 Å². The quantitative estimate of drug-likeness (QED) is 0.114. The van der Waals surface area contributed by atoms with E-state index >= 15 is 0 Å². The molecule has 5 rings (SSSR count). The number of nitrogens with zero attached hydrogens (tertiary/aromatic N) is 2. The first-order chi connectivity index (χ1) is 25.2. The summed E-state index contributed by atoms with van der Waals surface area (Å²) in [4.78, 5) is 1.29. The maximum absolute atomic E-state index is 12.0. The molecule has 0 atom stereocenters. The second-order valence-corrected chi connectivity index (χ2v) is 21.2. The molecule has 4 N–H and O–H groups in total. The van der Waals surface area contributed by atoms with Crippen LogP contribution >= 0.6 is 11.6 Å². The first-order valence-electron chi connectivity index (χ1n) is 17.3. The van der Waals surface area contributed by atoms with E-state index in [1.165, 1.54) is 24.3 Å². The summed E-state index contributed by atoms with van der Waals surface area (Å²) in [6.07, 6.45) is 9.53. The Hall–Kier alpha value is -1.56. The number of hydrogen-bond donors (Lipinski definition) is 4. The van der Waals surface area contributed by atoms with Gasteiger partial charge in [-0.05, 0) is 92.6 Å². The van der Waals surface area contributed by atoms with E-state index in [0.717, 1.165) is 17.6 Å². The fourth-order valence-electron chi connectivity index (χ4n) is 7.49. The number of benzene rings is 2. The molecule has 0 radical (unpaired) electrons. The van der Waals surface area contributed by atoms with Gasteiger partial charge in [0.15, 0.2) is 5.71 Å². The van der Waals surface area contributed by atoms with Gasteiger partial charge in [-0.25, -0.2) is 0 Å². The molecule has 56 heavy (non-hydrogen) atoms. The van der Waals surface area contributed by atoms with E-state index in [4.69, 9.17) is 11.6 Å². The van der Waals surface area contributed by atoms with Gasteiger partial charge in [0.2, 0.25) is 5.69 Å². The molecular weight excluding hydrogens is 855 g/mol. The summed E-state index contributed by atoms with van der Waals surface area (Å²) >= 11 is 7.04. The number of anilines is 1. The zero-order valence-electron chi connectivity index (χ0n) is 30.6. The van der Waals surface area contributed by atoms with Crippen LogP contribution < -0.4 is 4.90 Å². The normalized spacial score (nSPS) is 19.9. The van der Waals surface area contributed by atoms with Crippen molar-refractivity contribution in [2.45, 2.75) is 80.4 Å². The van der Waals surface area contributed by atoms with Crippen LogP contribution in [0.5, 0.6) is 0 Å². The van der Waals surface area contributed by atoms with Gasteiger partial charge in [0.25, 0.3) is 40.5 Å². The standard InChI is InChI=1S/C36H43ClN2O12S4.K.H/c1-35(2)28-22-26(54(46,47)48)12-14-30(28)38(18-6-20-52(40,41)42)32(35)16-10-24-8-5-9-25(34(24)37)11-17-33-36(3,4)29-23-27(55(49,50)51)13-15-31(29)39(33)19-7-21-53(43,44)45;;/h10-17,22-23H,5-9,18-21H2,1-4H3,(H3-,40,41,42,43,44,45,46,47,48,49,50,51);;/p+1. The second-order valence-electron chi connectivity index (χ2n) is 14.8. The second kappa shape index (κ2) is 17.2. The first-order valence-corrected chi connectivity index (χ1v) is 23.7. The van der Waals surface area contributed by atoms with Gasteiger partial charge in [-0.1, -0.05) is 37.6 Å². The summed E-state index contributed by atoms with van der Waals surface area (Å²) in [6.45, 7) is 7.85. The van der Waals surface area contributed by atoms with E-state index in [0.29, 0.717) is 51.8 Å². The molecule has 0 spiro atoms. The Balaban J connectivity index is 0.00000696. The molecule has 0 saturated carbocycles. The van der Waals surface area contributed by atoms with Gasteiger partial charge in [-0.2, -0.15) is 38.2 Å². The van der Waals surface area contributed by atoms with Gasteiger partial charge in [0.05, 0.1) is 26.7 Å². The number of hydrogen-bond acceptors (Lipinski definition) is 9. The van der Waals surface area contributed by atoms with Crippen LogP contribution in [-0.2, 0) is 51.3 Å². The predicted octanol–water partition coefficient (Wildman–Crippen LogP) is 5.30. The third-order valence-corrected chi connectivity index (χ3v) is 14.0. The molecule has 1 aliphatic carbocycles. The minimum absolute atomic E-state index is 0. The predicted molar refractivity (Wildman–Crippen MR) is 217 cm³/mol. The van der Waals surface area contributed by atoms with E-state index in [-0.39, 0.29) is 87.1 Å². The summed E-state index contributed by atoms with van der Waals surface area (Å²) in [7, 11) is -17.5. The maximum atomic E-state index is 12.0. The van der Waals surface area contributed by atoms with E-state index in [2.05, 4.69) is 0 Å². The van der Waals surface area contributed by atoms with Crippen LogP contribution in [0.15, 0.2) is 92.4 Å². The molecule has 0 fully saturated rings. The summed E-state index contributed by atoms with van der Waals surface area (Å²) in [5, 5.41) is 0.486.